The molecule has 3 amide bonds. The molecule has 0 aromatic heterocycles. The number of hydrogen-bond donors (Lipinski definition) is 2. The molecular weight excluding hydrogens is 670 g/mol. The first-order chi connectivity index (χ1) is 21.1. The molecule has 8 atom stereocenters. The molecule has 248 valence electrons. The van der Waals surface area contributed by atoms with Crippen molar-refractivity contribution >= 4 is 49.9 Å². The van der Waals surface area contributed by atoms with E-state index >= 15 is 0 Å². The van der Waals surface area contributed by atoms with Crippen LogP contribution in [-0.4, -0.2) is 80.7 Å². The minimum atomic E-state index is -4.25. The van der Waals surface area contributed by atoms with Crippen molar-refractivity contribution in [3.8, 4) is 0 Å². The minimum Gasteiger partial charge on any atom is -0.467 e. The van der Waals surface area contributed by atoms with Crippen LogP contribution in [0, 0.1) is 23.2 Å². The fourth-order valence-corrected chi connectivity index (χ4v) is 8.17. The van der Waals surface area contributed by atoms with Gasteiger partial charge >= 0.3 is 12.1 Å². The summed E-state index contributed by atoms with van der Waals surface area (Å²) in [6, 6.07) is 3.63. The second kappa shape index (κ2) is 12.5. The topological polar surface area (TPSA) is 157 Å². The highest BCUT2D eigenvalue weighted by Crippen LogP contribution is 2.52. The van der Waals surface area contributed by atoms with Gasteiger partial charge in [-0.25, -0.2) is 9.59 Å². The zero-order valence-electron chi connectivity index (χ0n) is 26.2. The Morgan fingerprint density at radius 2 is 1.69 bits per heavy atom. The second-order valence-electron chi connectivity index (χ2n) is 13.8. The van der Waals surface area contributed by atoms with Crippen LogP contribution in [0.2, 0.25) is 0 Å². The number of halogens is 1. The van der Waals surface area contributed by atoms with Crippen molar-refractivity contribution in [2.45, 2.75) is 101 Å². The number of nitrogens with one attached hydrogen (secondary N) is 2. The summed E-state index contributed by atoms with van der Waals surface area (Å²) in [6.45, 7) is 7.00. The highest BCUT2D eigenvalue weighted by molar-refractivity contribution is 9.10. The van der Waals surface area contributed by atoms with Gasteiger partial charge in [0.15, 0.2) is 0 Å². The summed E-state index contributed by atoms with van der Waals surface area (Å²) in [5.74, 6) is -0.725. The van der Waals surface area contributed by atoms with Crippen molar-refractivity contribution in [1.82, 2.24) is 15.5 Å². The Labute approximate surface area is 272 Å². The molecule has 0 spiro atoms. The van der Waals surface area contributed by atoms with E-state index in [1.165, 1.54) is 30.6 Å². The quantitative estimate of drug-likeness (QED) is 0.274. The van der Waals surface area contributed by atoms with Crippen molar-refractivity contribution in [3.63, 3.8) is 0 Å². The normalized spacial score (nSPS) is 31.0. The Bertz CT molecular complexity index is 1440. The molecule has 1 heterocycles. The lowest BCUT2D eigenvalue weighted by Gasteiger charge is -2.35. The average molecular weight is 713 g/mol. The van der Waals surface area contributed by atoms with Crippen molar-refractivity contribution in [2.24, 2.45) is 23.2 Å². The molecule has 0 unspecified atom stereocenters. The van der Waals surface area contributed by atoms with E-state index in [-0.39, 0.29) is 29.9 Å². The van der Waals surface area contributed by atoms with Crippen LogP contribution in [0.5, 0.6) is 0 Å². The molecule has 1 aliphatic heterocycles. The van der Waals surface area contributed by atoms with E-state index < -0.39 is 63.1 Å². The molecule has 0 bridgehead atoms. The van der Waals surface area contributed by atoms with Crippen LogP contribution in [0.4, 0.5) is 4.79 Å². The summed E-state index contributed by atoms with van der Waals surface area (Å²) in [5.41, 5.74) is -2.01. The first kappa shape index (κ1) is 33.6. The SMILES string of the molecule is CC[C@@H]1C[C@]1(NC(=O)[C@@H]1C[C@@H](OS(=O)(=O)c2ccc(Br)cc2)CN1C(=O)[C@@H](NC(=O)O[C@@H]1C[C@@H]2C[C@@H]2C1)C(C)(C)C)C(=O)OC. The highest BCUT2D eigenvalue weighted by atomic mass is 79.9. The van der Waals surface area contributed by atoms with Gasteiger partial charge < -0.3 is 25.0 Å². The number of hydrogen-bond acceptors (Lipinski definition) is 9. The largest absolute Gasteiger partial charge is 0.467 e. The number of carbonyl (C=O) groups excluding carboxylic acids is 4. The molecule has 4 aliphatic rings. The summed E-state index contributed by atoms with van der Waals surface area (Å²) in [4.78, 5) is 54.9. The minimum absolute atomic E-state index is 0.0774. The molecule has 0 radical (unpaired) electrons. The van der Waals surface area contributed by atoms with Crippen LogP contribution < -0.4 is 10.6 Å². The molecule has 4 fully saturated rings. The van der Waals surface area contributed by atoms with E-state index in [0.717, 1.165) is 12.8 Å². The van der Waals surface area contributed by atoms with Gasteiger partial charge in [-0.2, -0.15) is 8.42 Å². The average Bonchev–Trinajstić information content (AvgIpc) is 3.78. The second-order valence-corrected chi connectivity index (χ2v) is 16.3. The lowest BCUT2D eigenvalue weighted by atomic mass is 9.85. The smallest absolute Gasteiger partial charge is 0.408 e. The predicted octanol–water partition coefficient (Wildman–Crippen LogP) is 3.52. The third-order valence-corrected chi connectivity index (χ3v) is 11.5. The van der Waals surface area contributed by atoms with Crippen LogP contribution in [0.1, 0.15) is 66.2 Å². The van der Waals surface area contributed by atoms with Crippen LogP contribution in [-0.2, 0) is 38.2 Å². The highest BCUT2D eigenvalue weighted by Gasteiger charge is 2.62. The van der Waals surface area contributed by atoms with Gasteiger partial charge in [0, 0.05) is 17.4 Å². The van der Waals surface area contributed by atoms with Gasteiger partial charge in [-0.15, -0.1) is 0 Å². The molecule has 3 aliphatic carbocycles. The standard InChI is InChI=1S/C31H42BrN3O9S/c1-6-19-15-31(19,28(38)42-5)34-26(36)24-14-22(44-45(40,41)23-9-7-20(32)8-10-23)16-35(24)27(37)25(30(2,3)4)33-29(39)43-21-12-17-11-18(17)13-21/h7-10,17-19,21-22,24-25H,6,11-16H2,1-5H3,(H,33,39)(H,34,36)/t17-,18+,19-,21+,22-,24+,25-,31-/m1/s1. The maximum atomic E-state index is 14.2. The molecule has 45 heavy (non-hydrogen) atoms. The van der Waals surface area contributed by atoms with Crippen molar-refractivity contribution in [3.05, 3.63) is 28.7 Å². The predicted molar refractivity (Wildman–Crippen MR) is 165 cm³/mol. The number of likely N-dealkylation sites (tertiary alicyclic amines) is 1. The number of rotatable bonds is 10. The van der Waals surface area contributed by atoms with E-state index in [1.54, 1.807) is 32.9 Å². The van der Waals surface area contributed by atoms with Gasteiger partial charge in [-0.1, -0.05) is 50.0 Å². The Hall–Kier alpha value is -2.71. The van der Waals surface area contributed by atoms with E-state index in [1.807, 2.05) is 6.92 Å². The number of benzene rings is 1. The maximum Gasteiger partial charge on any atom is 0.408 e. The summed E-state index contributed by atoms with van der Waals surface area (Å²) >= 11 is 3.28. The van der Waals surface area contributed by atoms with Crippen molar-refractivity contribution < 1.29 is 41.3 Å². The van der Waals surface area contributed by atoms with Gasteiger partial charge in [0.1, 0.15) is 23.7 Å². The number of carbonyl (C=O) groups is 4. The lowest BCUT2D eigenvalue weighted by molar-refractivity contribution is -0.148. The summed E-state index contributed by atoms with van der Waals surface area (Å²) in [6.07, 6.45) is 1.69. The zero-order valence-corrected chi connectivity index (χ0v) is 28.6. The number of ether oxygens (including phenoxy) is 2. The number of methoxy groups -OCH3 is 1. The first-order valence-corrected chi connectivity index (χ1v) is 17.6. The molecule has 5 rings (SSSR count). The van der Waals surface area contributed by atoms with Crippen molar-refractivity contribution in [1.29, 1.82) is 0 Å². The monoisotopic (exact) mass is 711 g/mol. The zero-order chi connectivity index (χ0) is 32.9. The number of amides is 3. The van der Waals surface area contributed by atoms with Gasteiger partial charge in [0.2, 0.25) is 11.8 Å². The van der Waals surface area contributed by atoms with E-state index in [9.17, 15) is 27.6 Å². The molecular formula is C31H42BrN3O9S. The van der Waals surface area contributed by atoms with E-state index in [4.69, 9.17) is 13.7 Å². The Morgan fingerprint density at radius 3 is 2.24 bits per heavy atom. The van der Waals surface area contributed by atoms with Gasteiger partial charge in [-0.05, 0) is 73.1 Å². The Morgan fingerprint density at radius 1 is 1.04 bits per heavy atom. The molecule has 3 saturated carbocycles. The van der Waals surface area contributed by atoms with Crippen LogP contribution in [0.3, 0.4) is 0 Å². The van der Waals surface area contributed by atoms with Crippen LogP contribution in [0.15, 0.2) is 33.6 Å². The van der Waals surface area contributed by atoms with E-state index in [2.05, 4.69) is 26.6 Å². The van der Waals surface area contributed by atoms with Gasteiger partial charge in [0.25, 0.3) is 10.1 Å². The number of fused-ring (bicyclic) bond motifs is 1. The number of nitrogens with zero attached hydrogens (tertiary/aromatic N) is 1. The van der Waals surface area contributed by atoms with Gasteiger partial charge in [0.05, 0.1) is 18.1 Å². The van der Waals surface area contributed by atoms with Crippen LogP contribution in [0.25, 0.3) is 0 Å². The maximum absolute atomic E-state index is 14.2. The molecule has 1 aromatic carbocycles. The lowest BCUT2D eigenvalue weighted by Crippen LogP contribution is -2.59. The van der Waals surface area contributed by atoms with E-state index in [0.29, 0.717) is 29.2 Å². The summed E-state index contributed by atoms with van der Waals surface area (Å²) < 4.78 is 43.2. The fraction of sp³-hybridized carbons (Fsp3) is 0.677. The number of esters is 1. The summed E-state index contributed by atoms with van der Waals surface area (Å²) in [5, 5.41) is 5.54. The third-order valence-electron chi connectivity index (χ3n) is 9.56. The molecule has 14 heteroatoms. The first-order valence-electron chi connectivity index (χ1n) is 15.4. The number of alkyl carbamates (subject to hydrolysis) is 1. The molecule has 1 saturated heterocycles. The van der Waals surface area contributed by atoms with Gasteiger partial charge in [-0.3, -0.25) is 13.8 Å². The summed E-state index contributed by atoms with van der Waals surface area (Å²) in [7, 11) is -3.00. The Kier molecular flexibility index (Phi) is 9.33. The third kappa shape index (κ3) is 7.17. The van der Waals surface area contributed by atoms with Crippen LogP contribution >= 0.6 is 15.9 Å². The molecule has 1 aromatic rings. The molecule has 12 nitrogen and oxygen atoms in total. The van der Waals surface area contributed by atoms with Crippen molar-refractivity contribution in [2.75, 3.05) is 13.7 Å². The Balaban J connectivity index is 1.37. The molecule has 2 N–H and O–H groups in total. The fourth-order valence-electron chi connectivity index (χ4n) is 6.83.